The summed E-state index contributed by atoms with van der Waals surface area (Å²) in [5.41, 5.74) is -0.738. The third-order valence-electron chi connectivity index (χ3n) is 5.80. The fraction of sp³-hybridized carbons (Fsp3) is 0.812. The van der Waals surface area contributed by atoms with Crippen LogP contribution >= 0.6 is 0 Å². The van der Waals surface area contributed by atoms with E-state index in [1.807, 2.05) is 4.90 Å². The molecule has 7 nitrogen and oxygen atoms in total. The van der Waals surface area contributed by atoms with Gasteiger partial charge >= 0.3 is 6.03 Å². The molecule has 2 saturated carbocycles. The van der Waals surface area contributed by atoms with Crippen LogP contribution in [0.3, 0.4) is 0 Å². The summed E-state index contributed by atoms with van der Waals surface area (Å²) in [6, 6.07) is -0.307. The molecule has 2 aliphatic heterocycles. The lowest BCUT2D eigenvalue weighted by Gasteiger charge is -2.38. The molecule has 4 rings (SSSR count). The van der Waals surface area contributed by atoms with E-state index in [9.17, 15) is 14.4 Å². The molecule has 2 saturated heterocycles. The third kappa shape index (κ3) is 2.33. The van der Waals surface area contributed by atoms with Gasteiger partial charge in [-0.05, 0) is 32.1 Å². The Morgan fingerprint density at radius 3 is 2.78 bits per heavy atom. The van der Waals surface area contributed by atoms with Gasteiger partial charge in [0.25, 0.3) is 5.91 Å². The van der Waals surface area contributed by atoms with Crippen LogP contribution < -0.4 is 5.32 Å². The topological polar surface area (TPSA) is 79.0 Å². The van der Waals surface area contributed by atoms with Crippen LogP contribution in [0.5, 0.6) is 0 Å². The molecule has 1 N–H and O–H groups in total. The molecule has 0 unspecified atom stereocenters. The van der Waals surface area contributed by atoms with Crippen molar-refractivity contribution in [2.75, 3.05) is 19.7 Å². The number of amides is 4. The number of fused-ring (bicyclic) bond motifs is 1. The van der Waals surface area contributed by atoms with E-state index in [-0.39, 0.29) is 30.5 Å². The van der Waals surface area contributed by atoms with Gasteiger partial charge in [0.1, 0.15) is 12.1 Å². The summed E-state index contributed by atoms with van der Waals surface area (Å²) in [6.07, 6.45) is 6.38. The third-order valence-corrected chi connectivity index (χ3v) is 5.80. The molecule has 4 aliphatic rings. The number of imide groups is 1. The van der Waals surface area contributed by atoms with Crippen LogP contribution in [0.15, 0.2) is 0 Å². The van der Waals surface area contributed by atoms with E-state index in [1.165, 1.54) is 0 Å². The van der Waals surface area contributed by atoms with Crippen LogP contribution in [0.4, 0.5) is 4.79 Å². The minimum Gasteiger partial charge on any atom is -0.374 e. The Labute approximate surface area is 135 Å². The van der Waals surface area contributed by atoms with Crippen LogP contribution in [0.1, 0.15) is 44.9 Å². The van der Waals surface area contributed by atoms with Crippen molar-refractivity contribution in [3.8, 4) is 0 Å². The van der Waals surface area contributed by atoms with Crippen molar-refractivity contribution in [2.45, 2.75) is 62.6 Å². The van der Waals surface area contributed by atoms with E-state index in [0.717, 1.165) is 37.0 Å². The normalized spacial score (nSPS) is 32.5. The molecular weight excluding hydrogens is 298 g/mol. The molecular formula is C16H23N3O4. The maximum Gasteiger partial charge on any atom is 0.325 e. The van der Waals surface area contributed by atoms with Gasteiger partial charge in [-0.15, -0.1) is 0 Å². The lowest BCUT2D eigenvalue weighted by molar-refractivity contribution is -0.147. The predicted octanol–water partition coefficient (Wildman–Crippen LogP) is 0.631. The number of nitrogens with one attached hydrogen (secondary N) is 1. The summed E-state index contributed by atoms with van der Waals surface area (Å²) in [7, 11) is 0. The summed E-state index contributed by atoms with van der Waals surface area (Å²) in [6.45, 7) is 0.946. The van der Waals surface area contributed by atoms with Gasteiger partial charge in [-0.1, -0.05) is 12.8 Å². The van der Waals surface area contributed by atoms with Crippen molar-refractivity contribution in [1.29, 1.82) is 0 Å². The molecule has 0 aromatic carbocycles. The second kappa shape index (κ2) is 5.47. The van der Waals surface area contributed by atoms with Gasteiger partial charge in [0, 0.05) is 6.54 Å². The Hall–Kier alpha value is -1.63. The molecule has 0 bridgehead atoms. The van der Waals surface area contributed by atoms with Crippen molar-refractivity contribution in [1.82, 2.24) is 15.1 Å². The number of rotatable bonds is 2. The SMILES string of the molecule is O=C1NC2(CCCC2)C(=O)N1CC(=O)N1CCO[C@H]2CCC[C@@H]21. The summed E-state index contributed by atoms with van der Waals surface area (Å²) in [5, 5.41) is 2.83. The Morgan fingerprint density at radius 2 is 2.00 bits per heavy atom. The van der Waals surface area contributed by atoms with Crippen LogP contribution in [-0.4, -0.2) is 65.0 Å². The summed E-state index contributed by atoms with van der Waals surface area (Å²) < 4.78 is 5.72. The first kappa shape index (κ1) is 14.9. The Kier molecular flexibility index (Phi) is 3.55. The van der Waals surface area contributed by atoms with Crippen molar-refractivity contribution in [3.05, 3.63) is 0 Å². The maximum atomic E-state index is 12.7. The zero-order chi connectivity index (χ0) is 16.0. The molecule has 126 valence electrons. The van der Waals surface area contributed by atoms with Crippen molar-refractivity contribution < 1.29 is 19.1 Å². The van der Waals surface area contributed by atoms with E-state index >= 15 is 0 Å². The van der Waals surface area contributed by atoms with Gasteiger partial charge < -0.3 is 15.0 Å². The summed E-state index contributed by atoms with van der Waals surface area (Å²) in [5.74, 6) is -0.353. The van der Waals surface area contributed by atoms with E-state index in [2.05, 4.69) is 5.32 Å². The smallest absolute Gasteiger partial charge is 0.325 e. The Morgan fingerprint density at radius 1 is 1.22 bits per heavy atom. The predicted molar refractivity (Wildman–Crippen MR) is 80.5 cm³/mol. The first-order valence-corrected chi connectivity index (χ1v) is 8.66. The molecule has 2 atom stereocenters. The van der Waals surface area contributed by atoms with E-state index < -0.39 is 11.6 Å². The first-order valence-electron chi connectivity index (χ1n) is 8.66. The van der Waals surface area contributed by atoms with Gasteiger partial charge in [-0.3, -0.25) is 14.5 Å². The molecule has 0 aromatic rings. The number of hydrogen-bond acceptors (Lipinski definition) is 4. The van der Waals surface area contributed by atoms with Gasteiger partial charge in [0.2, 0.25) is 5.91 Å². The van der Waals surface area contributed by atoms with Crippen LogP contribution in [0, 0.1) is 0 Å². The lowest BCUT2D eigenvalue weighted by atomic mass is 9.98. The molecule has 0 aromatic heterocycles. The van der Waals surface area contributed by atoms with Gasteiger partial charge in [-0.25, -0.2) is 4.79 Å². The largest absolute Gasteiger partial charge is 0.374 e. The number of morpholine rings is 1. The number of urea groups is 1. The average molecular weight is 321 g/mol. The highest BCUT2D eigenvalue weighted by atomic mass is 16.5. The molecule has 23 heavy (non-hydrogen) atoms. The zero-order valence-electron chi connectivity index (χ0n) is 13.3. The molecule has 0 radical (unpaired) electrons. The van der Waals surface area contributed by atoms with Gasteiger partial charge in [0.05, 0.1) is 18.8 Å². The van der Waals surface area contributed by atoms with Crippen LogP contribution in [0.25, 0.3) is 0 Å². The van der Waals surface area contributed by atoms with Crippen LogP contribution in [0.2, 0.25) is 0 Å². The monoisotopic (exact) mass is 321 g/mol. The average Bonchev–Trinajstić information content (AvgIpc) is 3.24. The standard InChI is InChI=1S/C16H23N3O4/c20-13(18-8-9-23-12-5-3-4-11(12)18)10-19-14(21)16(17-15(19)22)6-1-2-7-16/h11-12H,1-10H2,(H,17,22)/t11-,12-/m0/s1. The molecule has 2 heterocycles. The highest BCUT2D eigenvalue weighted by Gasteiger charge is 2.53. The second-order valence-electron chi connectivity index (χ2n) is 7.11. The van der Waals surface area contributed by atoms with E-state index in [4.69, 9.17) is 4.74 Å². The molecule has 4 fully saturated rings. The number of hydrogen-bond donors (Lipinski definition) is 1. The maximum absolute atomic E-state index is 12.7. The summed E-state index contributed by atoms with van der Waals surface area (Å²) >= 11 is 0. The summed E-state index contributed by atoms with van der Waals surface area (Å²) in [4.78, 5) is 40.5. The van der Waals surface area contributed by atoms with Gasteiger partial charge in [-0.2, -0.15) is 0 Å². The quantitative estimate of drug-likeness (QED) is 0.757. The van der Waals surface area contributed by atoms with Gasteiger partial charge in [0.15, 0.2) is 0 Å². The Balaban J connectivity index is 1.46. The minimum absolute atomic E-state index is 0.109. The second-order valence-corrected chi connectivity index (χ2v) is 7.11. The Bertz CT molecular complexity index is 543. The van der Waals surface area contributed by atoms with E-state index in [1.54, 1.807) is 0 Å². The van der Waals surface area contributed by atoms with Crippen molar-refractivity contribution >= 4 is 17.8 Å². The van der Waals surface area contributed by atoms with Crippen LogP contribution in [-0.2, 0) is 14.3 Å². The number of nitrogens with zero attached hydrogens (tertiary/aromatic N) is 2. The number of carbonyl (C=O) groups excluding carboxylic acids is 3. The van der Waals surface area contributed by atoms with Crippen molar-refractivity contribution in [2.24, 2.45) is 0 Å². The first-order chi connectivity index (χ1) is 11.1. The van der Waals surface area contributed by atoms with Crippen molar-refractivity contribution in [3.63, 3.8) is 0 Å². The molecule has 7 heteroatoms. The number of carbonyl (C=O) groups is 3. The number of ether oxygens (including phenoxy) is 1. The zero-order valence-corrected chi connectivity index (χ0v) is 13.3. The molecule has 4 amide bonds. The highest BCUT2D eigenvalue weighted by molar-refractivity contribution is 6.09. The fourth-order valence-corrected chi connectivity index (χ4v) is 4.60. The molecule has 1 spiro atoms. The lowest BCUT2D eigenvalue weighted by Crippen LogP contribution is -2.54. The fourth-order valence-electron chi connectivity index (χ4n) is 4.60. The molecule has 2 aliphatic carbocycles. The van der Waals surface area contributed by atoms with E-state index in [0.29, 0.717) is 26.0 Å². The minimum atomic E-state index is -0.738. The highest BCUT2D eigenvalue weighted by Crippen LogP contribution is 2.35.